The van der Waals surface area contributed by atoms with Crippen molar-refractivity contribution < 1.29 is 13.9 Å². The van der Waals surface area contributed by atoms with Crippen molar-refractivity contribution in [3.05, 3.63) is 72.4 Å². The molecule has 0 fully saturated rings. The second-order valence-electron chi connectivity index (χ2n) is 5.66. The van der Waals surface area contributed by atoms with Crippen LogP contribution in [0.2, 0.25) is 0 Å². The number of tetrazole rings is 1. The monoisotopic (exact) mass is 362 g/mol. The van der Waals surface area contributed by atoms with E-state index in [4.69, 9.17) is 9.15 Å². The van der Waals surface area contributed by atoms with Crippen LogP contribution in [0.4, 0.5) is 0 Å². The normalized spacial score (nSPS) is 11.9. The Morgan fingerprint density at radius 2 is 1.85 bits per heavy atom. The number of carbonyl (C=O) groups excluding carboxylic acids is 1. The second kappa shape index (κ2) is 7.16. The maximum absolute atomic E-state index is 12.3. The molecule has 0 aliphatic rings. The SMILES string of the molecule is C[C@@H](OC(=O)c1ccc(-n2cnnn2)cc1)c1nnc(-c2ccccc2)o1. The van der Waals surface area contributed by atoms with Gasteiger partial charge in [0, 0.05) is 5.56 Å². The van der Waals surface area contributed by atoms with Crippen molar-refractivity contribution in [2.75, 3.05) is 0 Å². The van der Waals surface area contributed by atoms with Gasteiger partial charge in [-0.3, -0.25) is 0 Å². The summed E-state index contributed by atoms with van der Waals surface area (Å²) in [5.74, 6) is 0.108. The quantitative estimate of drug-likeness (QED) is 0.498. The van der Waals surface area contributed by atoms with Crippen LogP contribution >= 0.6 is 0 Å². The highest BCUT2D eigenvalue weighted by atomic mass is 16.6. The van der Waals surface area contributed by atoms with Crippen molar-refractivity contribution in [1.29, 1.82) is 0 Å². The Morgan fingerprint density at radius 3 is 2.56 bits per heavy atom. The lowest BCUT2D eigenvalue weighted by atomic mass is 10.2. The molecule has 0 saturated carbocycles. The summed E-state index contributed by atoms with van der Waals surface area (Å²) in [6, 6.07) is 16.1. The van der Waals surface area contributed by atoms with Crippen LogP contribution in [-0.4, -0.2) is 36.4 Å². The molecule has 27 heavy (non-hydrogen) atoms. The van der Waals surface area contributed by atoms with Crippen LogP contribution in [0.25, 0.3) is 17.1 Å². The molecule has 4 aromatic rings. The molecule has 1 atom stereocenters. The molecule has 0 unspecified atom stereocenters. The number of hydrogen-bond acceptors (Lipinski definition) is 8. The van der Waals surface area contributed by atoms with Gasteiger partial charge in [0.05, 0.1) is 11.3 Å². The van der Waals surface area contributed by atoms with Gasteiger partial charge in [0.2, 0.25) is 5.89 Å². The van der Waals surface area contributed by atoms with Crippen molar-refractivity contribution in [2.45, 2.75) is 13.0 Å². The Bertz CT molecular complexity index is 1030. The molecule has 0 amide bonds. The third kappa shape index (κ3) is 3.56. The topological polar surface area (TPSA) is 109 Å². The minimum Gasteiger partial charge on any atom is -0.449 e. The smallest absolute Gasteiger partial charge is 0.338 e. The van der Waals surface area contributed by atoms with Crippen LogP contribution in [0, 0.1) is 0 Å². The minimum absolute atomic E-state index is 0.229. The molecule has 2 aromatic carbocycles. The molecular weight excluding hydrogens is 348 g/mol. The molecule has 2 heterocycles. The van der Waals surface area contributed by atoms with E-state index in [9.17, 15) is 4.79 Å². The lowest BCUT2D eigenvalue weighted by Crippen LogP contribution is -2.09. The second-order valence-corrected chi connectivity index (χ2v) is 5.66. The average molecular weight is 362 g/mol. The number of aromatic nitrogens is 6. The molecule has 0 spiro atoms. The summed E-state index contributed by atoms with van der Waals surface area (Å²) in [5.41, 5.74) is 1.92. The summed E-state index contributed by atoms with van der Waals surface area (Å²) in [7, 11) is 0. The summed E-state index contributed by atoms with van der Waals surface area (Å²) < 4.78 is 12.5. The zero-order valence-corrected chi connectivity index (χ0v) is 14.3. The highest BCUT2D eigenvalue weighted by Gasteiger charge is 2.20. The zero-order valence-electron chi connectivity index (χ0n) is 14.3. The fourth-order valence-electron chi connectivity index (χ4n) is 2.41. The van der Waals surface area contributed by atoms with E-state index in [1.807, 2.05) is 30.3 Å². The maximum atomic E-state index is 12.3. The predicted octanol–water partition coefficient (Wildman–Crippen LogP) is 2.63. The van der Waals surface area contributed by atoms with Crippen molar-refractivity contribution in [2.24, 2.45) is 0 Å². The number of hydrogen-bond donors (Lipinski definition) is 0. The first-order valence-electron chi connectivity index (χ1n) is 8.14. The Balaban J connectivity index is 1.44. The van der Waals surface area contributed by atoms with E-state index in [1.54, 1.807) is 31.2 Å². The number of esters is 1. The van der Waals surface area contributed by atoms with Gasteiger partial charge in [0.1, 0.15) is 6.33 Å². The van der Waals surface area contributed by atoms with Gasteiger partial charge in [-0.1, -0.05) is 18.2 Å². The van der Waals surface area contributed by atoms with E-state index in [1.165, 1.54) is 11.0 Å². The number of nitrogens with zero attached hydrogens (tertiary/aromatic N) is 6. The molecule has 2 aromatic heterocycles. The van der Waals surface area contributed by atoms with Gasteiger partial charge in [-0.15, -0.1) is 15.3 Å². The van der Waals surface area contributed by atoms with Crippen LogP contribution in [0.1, 0.15) is 29.3 Å². The van der Waals surface area contributed by atoms with Gasteiger partial charge >= 0.3 is 5.97 Å². The molecule has 134 valence electrons. The summed E-state index contributed by atoms with van der Waals surface area (Å²) >= 11 is 0. The summed E-state index contributed by atoms with van der Waals surface area (Å²) in [6.45, 7) is 1.68. The van der Waals surface area contributed by atoms with E-state index in [0.29, 0.717) is 11.5 Å². The minimum atomic E-state index is -0.679. The summed E-state index contributed by atoms with van der Waals surface area (Å²) in [5, 5.41) is 18.9. The van der Waals surface area contributed by atoms with E-state index in [0.717, 1.165) is 11.3 Å². The highest BCUT2D eigenvalue weighted by Crippen LogP contribution is 2.23. The van der Waals surface area contributed by atoms with Crippen LogP contribution in [0.15, 0.2) is 65.3 Å². The van der Waals surface area contributed by atoms with Crippen molar-refractivity contribution >= 4 is 5.97 Å². The standard InChI is InChI=1S/C18H14N6O3/c1-12(16-20-21-17(27-16)13-5-3-2-4-6-13)26-18(25)14-7-9-15(10-8-14)24-11-19-22-23-24/h2-12H,1H3/t12-/m1/s1. The van der Waals surface area contributed by atoms with Crippen LogP contribution in [0.5, 0.6) is 0 Å². The van der Waals surface area contributed by atoms with Crippen LogP contribution < -0.4 is 0 Å². The Kier molecular flexibility index (Phi) is 4.40. The fraction of sp³-hybridized carbons (Fsp3) is 0.111. The lowest BCUT2D eigenvalue weighted by molar-refractivity contribution is 0.0280. The zero-order chi connectivity index (χ0) is 18.6. The van der Waals surface area contributed by atoms with Crippen LogP contribution in [-0.2, 0) is 4.74 Å². The van der Waals surface area contributed by atoms with Gasteiger partial charge in [0.15, 0.2) is 6.10 Å². The van der Waals surface area contributed by atoms with Crippen LogP contribution in [0.3, 0.4) is 0 Å². The Morgan fingerprint density at radius 1 is 1.07 bits per heavy atom. The molecule has 4 rings (SSSR count). The predicted molar refractivity (Wildman–Crippen MR) is 92.7 cm³/mol. The molecule has 0 radical (unpaired) electrons. The lowest BCUT2D eigenvalue weighted by Gasteiger charge is -2.09. The Hall–Kier alpha value is -3.88. The van der Waals surface area contributed by atoms with Gasteiger partial charge in [-0.2, -0.15) is 0 Å². The Labute approximate surface area is 153 Å². The van der Waals surface area contributed by atoms with E-state index in [-0.39, 0.29) is 5.89 Å². The molecule has 0 aliphatic heterocycles. The van der Waals surface area contributed by atoms with E-state index >= 15 is 0 Å². The fourth-order valence-corrected chi connectivity index (χ4v) is 2.41. The molecule has 0 aliphatic carbocycles. The van der Waals surface area contributed by atoms with Crippen molar-refractivity contribution in [3.8, 4) is 17.1 Å². The van der Waals surface area contributed by atoms with Crippen molar-refractivity contribution in [1.82, 2.24) is 30.4 Å². The molecule has 0 saturated heterocycles. The largest absolute Gasteiger partial charge is 0.449 e. The van der Waals surface area contributed by atoms with Gasteiger partial charge in [0.25, 0.3) is 5.89 Å². The maximum Gasteiger partial charge on any atom is 0.338 e. The number of carbonyl (C=O) groups is 1. The first-order chi connectivity index (χ1) is 13.2. The van der Waals surface area contributed by atoms with Gasteiger partial charge < -0.3 is 9.15 Å². The van der Waals surface area contributed by atoms with Crippen molar-refractivity contribution in [3.63, 3.8) is 0 Å². The van der Waals surface area contributed by atoms with Gasteiger partial charge in [-0.05, 0) is 53.7 Å². The summed E-state index contributed by atoms with van der Waals surface area (Å²) in [6.07, 6.45) is 0.789. The molecular formula is C18H14N6O3. The highest BCUT2D eigenvalue weighted by molar-refractivity contribution is 5.89. The first kappa shape index (κ1) is 16.6. The molecule has 0 N–H and O–H groups in total. The third-order valence-electron chi connectivity index (χ3n) is 3.81. The van der Waals surface area contributed by atoms with E-state index in [2.05, 4.69) is 25.7 Å². The number of rotatable bonds is 5. The first-order valence-corrected chi connectivity index (χ1v) is 8.14. The number of ether oxygens (including phenoxy) is 1. The summed E-state index contributed by atoms with van der Waals surface area (Å²) in [4.78, 5) is 12.3. The van der Waals surface area contributed by atoms with Gasteiger partial charge in [-0.25, -0.2) is 9.48 Å². The third-order valence-corrected chi connectivity index (χ3v) is 3.81. The average Bonchev–Trinajstić information content (AvgIpc) is 3.41. The number of benzene rings is 2. The molecule has 9 heteroatoms. The van der Waals surface area contributed by atoms with E-state index < -0.39 is 12.1 Å². The molecule has 0 bridgehead atoms. The molecule has 9 nitrogen and oxygen atoms in total.